The maximum Gasteiger partial charge on any atom is 0.354 e. The molecule has 0 fully saturated rings. The van der Waals surface area contributed by atoms with Crippen molar-refractivity contribution in [1.82, 2.24) is 14.0 Å². The number of aromatic nitrogens is 3. The van der Waals surface area contributed by atoms with Crippen LogP contribution in [0.5, 0.6) is 0 Å². The first-order chi connectivity index (χ1) is 7.00. The summed E-state index contributed by atoms with van der Waals surface area (Å²) in [6.45, 7) is 4.11. The van der Waals surface area contributed by atoms with Crippen molar-refractivity contribution in [2.45, 2.75) is 19.8 Å². The zero-order valence-electron chi connectivity index (χ0n) is 8.93. The Labute approximate surface area is 87.0 Å². The minimum Gasteiger partial charge on any atom is -0.477 e. The third kappa shape index (κ3) is 1.40. The molecule has 0 spiro atoms. The van der Waals surface area contributed by atoms with Gasteiger partial charge in [-0.3, -0.25) is 4.40 Å². The highest BCUT2D eigenvalue weighted by molar-refractivity contribution is 5.86. The van der Waals surface area contributed by atoms with E-state index >= 15 is 0 Å². The van der Waals surface area contributed by atoms with E-state index in [4.69, 9.17) is 5.11 Å². The molecular formula is C10H13N3O2. The molecule has 2 heterocycles. The van der Waals surface area contributed by atoms with E-state index in [0.717, 1.165) is 5.69 Å². The molecule has 2 rings (SSSR count). The molecule has 0 aliphatic heterocycles. The summed E-state index contributed by atoms with van der Waals surface area (Å²) in [5, 5.41) is 8.90. The summed E-state index contributed by atoms with van der Waals surface area (Å²) in [7, 11) is 1.70. The predicted octanol–water partition coefficient (Wildman–Crippen LogP) is 1.49. The first-order valence-electron chi connectivity index (χ1n) is 4.78. The molecule has 0 aliphatic carbocycles. The molecule has 15 heavy (non-hydrogen) atoms. The van der Waals surface area contributed by atoms with Gasteiger partial charge in [-0.05, 0) is 5.92 Å². The van der Waals surface area contributed by atoms with Crippen LogP contribution in [-0.4, -0.2) is 25.0 Å². The maximum atomic E-state index is 10.8. The molecule has 0 aromatic carbocycles. The average Bonchev–Trinajstić information content (AvgIpc) is 2.65. The molecule has 5 heteroatoms. The van der Waals surface area contributed by atoms with Gasteiger partial charge in [-0.15, -0.1) is 0 Å². The van der Waals surface area contributed by atoms with Crippen LogP contribution in [0.3, 0.4) is 0 Å². The van der Waals surface area contributed by atoms with Crippen molar-refractivity contribution in [3.05, 3.63) is 23.8 Å². The number of rotatable bonds is 2. The topological polar surface area (TPSA) is 59.5 Å². The Morgan fingerprint density at radius 3 is 2.60 bits per heavy atom. The van der Waals surface area contributed by atoms with Crippen LogP contribution in [0.25, 0.3) is 5.78 Å². The Balaban J connectivity index is 2.62. The first kappa shape index (κ1) is 9.76. The highest BCUT2D eigenvalue weighted by Gasteiger charge is 2.15. The lowest BCUT2D eigenvalue weighted by Crippen LogP contribution is -2.04. The smallest absolute Gasteiger partial charge is 0.354 e. The van der Waals surface area contributed by atoms with Gasteiger partial charge in [0.15, 0.2) is 0 Å². The normalized spacial score (nSPS) is 11.5. The van der Waals surface area contributed by atoms with Gasteiger partial charge in [0.1, 0.15) is 5.69 Å². The third-order valence-electron chi connectivity index (χ3n) is 2.46. The van der Waals surface area contributed by atoms with Gasteiger partial charge < -0.3 is 9.67 Å². The van der Waals surface area contributed by atoms with Crippen molar-refractivity contribution in [3.8, 4) is 0 Å². The van der Waals surface area contributed by atoms with E-state index in [1.165, 1.54) is 0 Å². The van der Waals surface area contributed by atoms with Crippen molar-refractivity contribution in [1.29, 1.82) is 0 Å². The van der Waals surface area contributed by atoms with E-state index in [1.54, 1.807) is 22.2 Å². The Morgan fingerprint density at radius 2 is 2.13 bits per heavy atom. The zero-order chi connectivity index (χ0) is 11.2. The van der Waals surface area contributed by atoms with Crippen LogP contribution in [-0.2, 0) is 7.05 Å². The molecule has 2 aromatic rings. The quantitative estimate of drug-likeness (QED) is 0.811. The van der Waals surface area contributed by atoms with Gasteiger partial charge in [0, 0.05) is 19.4 Å². The zero-order valence-corrected chi connectivity index (χ0v) is 8.93. The average molecular weight is 207 g/mol. The van der Waals surface area contributed by atoms with E-state index in [-0.39, 0.29) is 5.69 Å². The number of imidazole rings is 2. The second kappa shape index (κ2) is 3.12. The molecule has 0 aliphatic rings. The lowest BCUT2D eigenvalue weighted by atomic mass is 10.2. The third-order valence-corrected chi connectivity index (χ3v) is 2.46. The largest absolute Gasteiger partial charge is 0.477 e. The first-order valence-corrected chi connectivity index (χ1v) is 4.78. The minimum atomic E-state index is -0.936. The number of carboxylic acid groups (broad SMARTS) is 1. The van der Waals surface area contributed by atoms with Crippen molar-refractivity contribution in [2.24, 2.45) is 7.05 Å². The Bertz CT molecular complexity index is 522. The number of nitrogens with zero attached hydrogens (tertiary/aromatic N) is 3. The summed E-state index contributed by atoms with van der Waals surface area (Å²) in [5.74, 6) is 0.0726. The molecule has 0 unspecified atom stereocenters. The van der Waals surface area contributed by atoms with Gasteiger partial charge in [-0.1, -0.05) is 13.8 Å². The molecular weight excluding hydrogens is 194 g/mol. The van der Waals surface area contributed by atoms with Crippen LogP contribution in [0.2, 0.25) is 0 Å². The van der Waals surface area contributed by atoms with Crippen LogP contribution in [0, 0.1) is 0 Å². The number of hydrogen-bond donors (Lipinski definition) is 1. The highest BCUT2D eigenvalue weighted by atomic mass is 16.4. The Kier molecular flexibility index (Phi) is 2.03. The van der Waals surface area contributed by atoms with Crippen LogP contribution >= 0.6 is 0 Å². The molecule has 0 atom stereocenters. The van der Waals surface area contributed by atoms with Crippen LogP contribution in [0.1, 0.15) is 35.9 Å². The van der Waals surface area contributed by atoms with Crippen molar-refractivity contribution >= 4 is 11.7 Å². The molecule has 1 N–H and O–H groups in total. The van der Waals surface area contributed by atoms with Gasteiger partial charge in [0.2, 0.25) is 5.78 Å². The van der Waals surface area contributed by atoms with E-state index in [2.05, 4.69) is 18.8 Å². The predicted molar refractivity (Wildman–Crippen MR) is 55.2 cm³/mol. The molecule has 0 saturated carbocycles. The lowest BCUT2D eigenvalue weighted by Gasteiger charge is -1.97. The van der Waals surface area contributed by atoms with Crippen molar-refractivity contribution in [2.75, 3.05) is 0 Å². The monoisotopic (exact) mass is 207 g/mol. The fourth-order valence-electron chi connectivity index (χ4n) is 1.55. The molecule has 0 bridgehead atoms. The molecule has 80 valence electrons. The van der Waals surface area contributed by atoms with Crippen molar-refractivity contribution < 1.29 is 9.90 Å². The lowest BCUT2D eigenvalue weighted by molar-refractivity contribution is 0.0687. The summed E-state index contributed by atoms with van der Waals surface area (Å²) >= 11 is 0. The SMILES string of the molecule is CC(C)c1cn2cc(C(=O)O)n(C)c2n1. The molecule has 2 aromatic heterocycles. The standard InChI is InChI=1S/C10H13N3O2/c1-6(2)7-4-13-5-8(9(14)15)12(3)10(13)11-7/h4-6H,1-3H3,(H,14,15). The maximum absolute atomic E-state index is 10.8. The highest BCUT2D eigenvalue weighted by Crippen LogP contribution is 2.16. The van der Waals surface area contributed by atoms with Gasteiger partial charge in [0.05, 0.1) is 5.69 Å². The number of aromatic carboxylic acids is 1. The number of hydrogen-bond acceptors (Lipinski definition) is 2. The van der Waals surface area contributed by atoms with E-state index < -0.39 is 5.97 Å². The second-order valence-electron chi connectivity index (χ2n) is 3.91. The summed E-state index contributed by atoms with van der Waals surface area (Å²) < 4.78 is 3.33. The number of carbonyl (C=O) groups is 1. The van der Waals surface area contributed by atoms with E-state index in [1.807, 2.05) is 6.20 Å². The Hall–Kier alpha value is -1.78. The van der Waals surface area contributed by atoms with Gasteiger partial charge in [-0.2, -0.15) is 0 Å². The number of aryl methyl sites for hydroxylation is 1. The van der Waals surface area contributed by atoms with Crippen LogP contribution < -0.4 is 0 Å². The summed E-state index contributed by atoms with van der Waals surface area (Å²) in [6.07, 6.45) is 3.45. The fourth-order valence-corrected chi connectivity index (χ4v) is 1.55. The van der Waals surface area contributed by atoms with Crippen molar-refractivity contribution in [3.63, 3.8) is 0 Å². The minimum absolute atomic E-state index is 0.243. The van der Waals surface area contributed by atoms with Gasteiger partial charge in [-0.25, -0.2) is 9.78 Å². The summed E-state index contributed by atoms with van der Waals surface area (Å²) in [5.41, 5.74) is 1.21. The molecule has 0 radical (unpaired) electrons. The second-order valence-corrected chi connectivity index (χ2v) is 3.91. The molecule has 0 amide bonds. The van der Waals surface area contributed by atoms with Gasteiger partial charge >= 0.3 is 5.97 Å². The molecule has 0 saturated heterocycles. The van der Waals surface area contributed by atoms with E-state index in [0.29, 0.717) is 11.7 Å². The number of fused-ring (bicyclic) bond motifs is 1. The molecule has 5 nitrogen and oxygen atoms in total. The Morgan fingerprint density at radius 1 is 1.47 bits per heavy atom. The summed E-state index contributed by atoms with van der Waals surface area (Å²) in [6, 6.07) is 0. The van der Waals surface area contributed by atoms with Crippen LogP contribution in [0.15, 0.2) is 12.4 Å². The van der Waals surface area contributed by atoms with E-state index in [9.17, 15) is 4.79 Å². The fraction of sp³-hybridized carbons (Fsp3) is 0.400. The number of carboxylic acids is 1. The van der Waals surface area contributed by atoms with Gasteiger partial charge in [0.25, 0.3) is 0 Å². The van der Waals surface area contributed by atoms with Crippen LogP contribution in [0.4, 0.5) is 0 Å². The summed E-state index contributed by atoms with van der Waals surface area (Å²) in [4.78, 5) is 15.2.